The summed E-state index contributed by atoms with van der Waals surface area (Å²) in [6, 6.07) is 1.98. The van der Waals surface area contributed by atoms with E-state index in [4.69, 9.17) is 5.73 Å². The number of nitrogens with one attached hydrogen (secondary N) is 1. The molecule has 0 aliphatic heterocycles. The van der Waals surface area contributed by atoms with Gasteiger partial charge in [-0.2, -0.15) is 0 Å². The van der Waals surface area contributed by atoms with Gasteiger partial charge in [0.25, 0.3) is 0 Å². The van der Waals surface area contributed by atoms with Crippen molar-refractivity contribution in [3.05, 3.63) is 17.8 Å². The Bertz CT molecular complexity index is 406. The average Bonchev–Trinajstić information content (AvgIpc) is 3.11. The topological polar surface area (TPSA) is 50.9 Å². The monoisotopic (exact) mass is 217 g/mol. The molecule has 0 amide bonds. The quantitative estimate of drug-likeness (QED) is 0.815. The second-order valence-corrected chi connectivity index (χ2v) is 5.42. The van der Waals surface area contributed by atoms with E-state index in [0.717, 1.165) is 29.5 Å². The molecule has 0 bridgehead atoms. The normalized spacial score (nSPS) is 21.8. The third-order valence-electron chi connectivity index (χ3n) is 4.04. The standard InChI is InChI=1S/C13H19N3/c1-9-6-11(14)7-15-12(9)16-8-13(4-5-13)10-2-3-10/h6-7,10H,2-5,8,14H2,1H3,(H,15,16). The lowest BCUT2D eigenvalue weighted by Gasteiger charge is -2.16. The Kier molecular flexibility index (Phi) is 2.09. The lowest BCUT2D eigenvalue weighted by atomic mass is 10.0. The highest BCUT2D eigenvalue weighted by Gasteiger charge is 2.53. The summed E-state index contributed by atoms with van der Waals surface area (Å²) in [5.74, 6) is 2.00. The number of aryl methyl sites for hydroxylation is 1. The molecule has 2 fully saturated rings. The first-order chi connectivity index (χ1) is 7.70. The molecule has 0 spiro atoms. The Morgan fingerprint density at radius 2 is 2.25 bits per heavy atom. The van der Waals surface area contributed by atoms with Gasteiger partial charge in [-0.15, -0.1) is 0 Å². The van der Waals surface area contributed by atoms with E-state index in [-0.39, 0.29) is 0 Å². The van der Waals surface area contributed by atoms with E-state index in [1.165, 1.54) is 25.7 Å². The molecule has 0 radical (unpaired) electrons. The number of aromatic nitrogens is 1. The molecule has 86 valence electrons. The highest BCUT2D eigenvalue weighted by molar-refractivity contribution is 5.51. The predicted octanol–water partition coefficient (Wildman–Crippen LogP) is 2.57. The summed E-state index contributed by atoms with van der Waals surface area (Å²) in [5, 5.41) is 3.50. The van der Waals surface area contributed by atoms with Crippen molar-refractivity contribution >= 4 is 11.5 Å². The van der Waals surface area contributed by atoms with Crippen molar-refractivity contribution < 1.29 is 0 Å². The van der Waals surface area contributed by atoms with E-state index < -0.39 is 0 Å². The first kappa shape index (κ1) is 9.94. The molecule has 0 saturated heterocycles. The number of nitrogen functional groups attached to an aromatic ring is 1. The molecule has 2 saturated carbocycles. The van der Waals surface area contributed by atoms with Crippen LogP contribution in [-0.4, -0.2) is 11.5 Å². The van der Waals surface area contributed by atoms with Gasteiger partial charge in [-0.25, -0.2) is 4.98 Å². The van der Waals surface area contributed by atoms with Crippen molar-refractivity contribution in [2.45, 2.75) is 32.6 Å². The van der Waals surface area contributed by atoms with Crippen LogP contribution in [0.25, 0.3) is 0 Å². The summed E-state index contributed by atoms with van der Waals surface area (Å²) in [6.07, 6.45) is 7.41. The van der Waals surface area contributed by atoms with Gasteiger partial charge in [-0.3, -0.25) is 0 Å². The lowest BCUT2D eigenvalue weighted by Crippen LogP contribution is -2.18. The van der Waals surface area contributed by atoms with E-state index >= 15 is 0 Å². The fourth-order valence-corrected chi connectivity index (χ4v) is 2.63. The lowest BCUT2D eigenvalue weighted by molar-refractivity contribution is 0.466. The summed E-state index contributed by atoms with van der Waals surface area (Å²) in [6.45, 7) is 3.15. The third kappa shape index (κ3) is 1.75. The number of nitrogens with zero attached hydrogens (tertiary/aromatic N) is 1. The van der Waals surface area contributed by atoms with Crippen molar-refractivity contribution in [2.75, 3.05) is 17.6 Å². The van der Waals surface area contributed by atoms with Crippen LogP contribution >= 0.6 is 0 Å². The van der Waals surface area contributed by atoms with Gasteiger partial charge in [0.2, 0.25) is 0 Å². The average molecular weight is 217 g/mol. The zero-order chi connectivity index (χ0) is 11.2. The van der Waals surface area contributed by atoms with Crippen LogP contribution in [0, 0.1) is 18.3 Å². The van der Waals surface area contributed by atoms with Gasteiger partial charge in [-0.1, -0.05) is 0 Å². The van der Waals surface area contributed by atoms with E-state index in [1.807, 2.05) is 6.07 Å². The molecule has 16 heavy (non-hydrogen) atoms. The molecule has 3 heteroatoms. The molecule has 2 aliphatic rings. The Labute approximate surface area is 96.4 Å². The maximum Gasteiger partial charge on any atom is 0.129 e. The highest BCUT2D eigenvalue weighted by atomic mass is 15.0. The van der Waals surface area contributed by atoms with Crippen LogP contribution in [0.1, 0.15) is 31.2 Å². The van der Waals surface area contributed by atoms with E-state index in [1.54, 1.807) is 6.20 Å². The number of rotatable bonds is 4. The molecule has 0 aromatic carbocycles. The molecule has 3 N–H and O–H groups in total. The number of nitrogens with two attached hydrogens (primary N) is 1. The summed E-state index contributed by atoms with van der Waals surface area (Å²) in [4.78, 5) is 4.35. The highest BCUT2D eigenvalue weighted by Crippen LogP contribution is 2.61. The molecule has 0 atom stereocenters. The third-order valence-corrected chi connectivity index (χ3v) is 4.04. The van der Waals surface area contributed by atoms with Crippen LogP contribution in [-0.2, 0) is 0 Å². The van der Waals surface area contributed by atoms with Gasteiger partial charge in [0.05, 0.1) is 11.9 Å². The van der Waals surface area contributed by atoms with E-state index in [0.29, 0.717) is 5.41 Å². The molecular weight excluding hydrogens is 198 g/mol. The smallest absolute Gasteiger partial charge is 0.129 e. The maximum atomic E-state index is 5.69. The minimum Gasteiger partial charge on any atom is -0.397 e. The van der Waals surface area contributed by atoms with Gasteiger partial charge in [-0.05, 0) is 55.6 Å². The first-order valence-corrected chi connectivity index (χ1v) is 6.16. The van der Waals surface area contributed by atoms with Crippen molar-refractivity contribution in [1.29, 1.82) is 0 Å². The van der Waals surface area contributed by atoms with Crippen molar-refractivity contribution in [2.24, 2.45) is 11.3 Å². The Morgan fingerprint density at radius 3 is 2.81 bits per heavy atom. The van der Waals surface area contributed by atoms with Gasteiger partial charge in [0, 0.05) is 6.54 Å². The zero-order valence-corrected chi connectivity index (χ0v) is 9.79. The van der Waals surface area contributed by atoms with Gasteiger partial charge in [0.1, 0.15) is 5.82 Å². The molecular formula is C13H19N3. The van der Waals surface area contributed by atoms with Crippen LogP contribution < -0.4 is 11.1 Å². The Balaban J connectivity index is 1.66. The van der Waals surface area contributed by atoms with Gasteiger partial charge < -0.3 is 11.1 Å². The molecule has 1 aromatic rings. The number of hydrogen-bond donors (Lipinski definition) is 2. The molecule has 0 unspecified atom stereocenters. The van der Waals surface area contributed by atoms with Crippen molar-refractivity contribution in [3.63, 3.8) is 0 Å². The van der Waals surface area contributed by atoms with Crippen LogP contribution in [0.4, 0.5) is 11.5 Å². The van der Waals surface area contributed by atoms with Crippen molar-refractivity contribution in [1.82, 2.24) is 4.98 Å². The van der Waals surface area contributed by atoms with E-state index in [2.05, 4.69) is 17.2 Å². The second-order valence-electron chi connectivity index (χ2n) is 5.42. The van der Waals surface area contributed by atoms with Crippen LogP contribution in [0.5, 0.6) is 0 Å². The summed E-state index contributed by atoms with van der Waals surface area (Å²) >= 11 is 0. The SMILES string of the molecule is Cc1cc(N)cnc1NCC1(C2CC2)CC1. The summed E-state index contributed by atoms with van der Waals surface area (Å²) in [7, 11) is 0. The summed E-state index contributed by atoms with van der Waals surface area (Å²) < 4.78 is 0. The van der Waals surface area contributed by atoms with Crippen LogP contribution in [0.15, 0.2) is 12.3 Å². The predicted molar refractivity (Wildman–Crippen MR) is 66.3 cm³/mol. The first-order valence-electron chi connectivity index (χ1n) is 6.16. The number of hydrogen-bond acceptors (Lipinski definition) is 3. The van der Waals surface area contributed by atoms with Gasteiger partial charge >= 0.3 is 0 Å². The molecule has 2 aliphatic carbocycles. The zero-order valence-electron chi connectivity index (χ0n) is 9.79. The molecule has 1 aromatic heterocycles. The fraction of sp³-hybridized carbons (Fsp3) is 0.615. The van der Waals surface area contributed by atoms with Crippen LogP contribution in [0.3, 0.4) is 0 Å². The largest absolute Gasteiger partial charge is 0.397 e. The Morgan fingerprint density at radius 1 is 1.50 bits per heavy atom. The van der Waals surface area contributed by atoms with Crippen LogP contribution in [0.2, 0.25) is 0 Å². The molecule has 3 rings (SSSR count). The summed E-state index contributed by atoms with van der Waals surface area (Å²) in [5.41, 5.74) is 8.20. The minimum atomic E-state index is 0.621. The minimum absolute atomic E-state index is 0.621. The number of pyridine rings is 1. The van der Waals surface area contributed by atoms with Gasteiger partial charge in [0.15, 0.2) is 0 Å². The fourth-order valence-electron chi connectivity index (χ4n) is 2.63. The molecule has 3 nitrogen and oxygen atoms in total. The Hall–Kier alpha value is -1.25. The van der Waals surface area contributed by atoms with E-state index in [9.17, 15) is 0 Å². The molecule has 1 heterocycles. The van der Waals surface area contributed by atoms with Crippen molar-refractivity contribution in [3.8, 4) is 0 Å². The number of anilines is 2. The second kappa shape index (κ2) is 3.37. The maximum absolute atomic E-state index is 5.69.